The molecular weight excluding hydrogens is 552 g/mol. The molecule has 3 saturated heterocycles. The number of hydrogen-bond acceptors (Lipinski definition) is 6. The van der Waals surface area contributed by atoms with Gasteiger partial charge in [-0.3, -0.25) is 14.4 Å². The number of unbranched alkanes of at least 4 members (excludes halogenated alkanes) is 2. The molecule has 1 N–H and O–H groups in total. The molecule has 3 heterocycles. The molecule has 0 aromatic rings. The number of amides is 2. The maximum Gasteiger partial charge on any atom is 0.312 e. The molecule has 0 aromatic heterocycles. The smallest absolute Gasteiger partial charge is 0.312 e. The van der Waals surface area contributed by atoms with Crippen molar-refractivity contribution in [1.82, 2.24) is 9.80 Å². The summed E-state index contributed by atoms with van der Waals surface area (Å²) in [6, 6.07) is -1.54. The molecule has 8 nitrogen and oxygen atoms in total. The highest BCUT2D eigenvalue weighted by Crippen LogP contribution is 2.61. The fourth-order valence-electron chi connectivity index (χ4n) is 6.46. The monoisotopic (exact) mass is 596 g/mol. The SMILES string of the molecule is C=CCCCCOC(=O)[C@H]1[C@@H]2OC3(CC2Br)C(C(=O)N(CC=C)C(C)(C)C)N([C@@H](CO)CC(C)C)C(=O)[C@H]13. The van der Waals surface area contributed by atoms with Crippen LogP contribution in [0.1, 0.15) is 66.7 Å². The molecule has 3 aliphatic rings. The zero-order chi connectivity index (χ0) is 28.4. The van der Waals surface area contributed by atoms with E-state index in [2.05, 4.69) is 29.1 Å². The Morgan fingerprint density at radius 1 is 1.29 bits per heavy atom. The van der Waals surface area contributed by atoms with Crippen LogP contribution in [0.15, 0.2) is 25.3 Å². The minimum Gasteiger partial charge on any atom is -0.465 e. The number of likely N-dealkylation sites (tertiary alicyclic amines) is 1. The summed E-state index contributed by atoms with van der Waals surface area (Å²) < 4.78 is 12.2. The number of alkyl halides is 1. The van der Waals surface area contributed by atoms with Gasteiger partial charge in [0.05, 0.1) is 37.2 Å². The summed E-state index contributed by atoms with van der Waals surface area (Å²) >= 11 is 3.69. The van der Waals surface area contributed by atoms with Crippen molar-refractivity contribution in [2.45, 2.75) is 101 Å². The van der Waals surface area contributed by atoms with Crippen LogP contribution in [-0.4, -0.2) is 86.6 Å². The Balaban J connectivity index is 2.04. The average molecular weight is 598 g/mol. The fraction of sp³-hybridized carbons (Fsp3) is 0.759. The molecule has 7 atom stereocenters. The number of nitrogens with zero attached hydrogens (tertiary/aromatic N) is 2. The zero-order valence-corrected chi connectivity index (χ0v) is 25.1. The summed E-state index contributed by atoms with van der Waals surface area (Å²) in [5.74, 6) is -2.52. The highest BCUT2D eigenvalue weighted by Gasteiger charge is 2.77. The summed E-state index contributed by atoms with van der Waals surface area (Å²) in [4.78, 5) is 45.1. The molecule has 0 aliphatic carbocycles. The minimum absolute atomic E-state index is 0.179. The quantitative estimate of drug-likeness (QED) is 0.150. The molecule has 38 heavy (non-hydrogen) atoms. The molecule has 214 valence electrons. The van der Waals surface area contributed by atoms with Gasteiger partial charge in [0, 0.05) is 16.9 Å². The van der Waals surface area contributed by atoms with E-state index >= 15 is 0 Å². The van der Waals surface area contributed by atoms with E-state index in [1.165, 1.54) is 0 Å². The highest BCUT2D eigenvalue weighted by atomic mass is 79.9. The van der Waals surface area contributed by atoms with Gasteiger partial charge in [-0.1, -0.05) is 41.9 Å². The minimum atomic E-state index is -1.19. The van der Waals surface area contributed by atoms with Crippen LogP contribution in [-0.2, 0) is 23.9 Å². The van der Waals surface area contributed by atoms with Gasteiger partial charge in [0.15, 0.2) is 0 Å². The van der Waals surface area contributed by atoms with Gasteiger partial charge in [0.2, 0.25) is 11.8 Å². The van der Waals surface area contributed by atoms with Crippen molar-refractivity contribution in [3.8, 4) is 0 Å². The van der Waals surface area contributed by atoms with Gasteiger partial charge in [-0.05, 0) is 58.8 Å². The third-order valence-electron chi connectivity index (χ3n) is 8.02. The van der Waals surface area contributed by atoms with Crippen LogP contribution in [0.4, 0.5) is 0 Å². The number of halogens is 1. The van der Waals surface area contributed by atoms with Crippen molar-refractivity contribution >= 4 is 33.7 Å². The second-order valence-corrected chi connectivity index (χ2v) is 13.4. The van der Waals surface area contributed by atoms with Gasteiger partial charge in [-0.15, -0.1) is 13.2 Å². The summed E-state index contributed by atoms with van der Waals surface area (Å²) in [7, 11) is 0. The van der Waals surface area contributed by atoms with Crippen molar-refractivity contribution in [3.63, 3.8) is 0 Å². The molecule has 9 heteroatoms. The average Bonchev–Trinajstić information content (AvgIpc) is 3.43. The third kappa shape index (κ3) is 5.61. The number of carbonyl (C=O) groups is 3. The normalized spacial score (nSPS) is 30.9. The lowest BCUT2D eigenvalue weighted by Gasteiger charge is -2.43. The van der Waals surface area contributed by atoms with Gasteiger partial charge in [-0.25, -0.2) is 0 Å². The molecule has 0 saturated carbocycles. The first-order chi connectivity index (χ1) is 17.8. The van der Waals surface area contributed by atoms with E-state index in [0.717, 1.165) is 12.8 Å². The second-order valence-electron chi connectivity index (χ2n) is 12.2. The Labute approximate surface area is 235 Å². The Bertz CT molecular complexity index is 917. The third-order valence-corrected chi connectivity index (χ3v) is 8.86. The Kier molecular flexibility index (Phi) is 9.91. The van der Waals surface area contributed by atoms with Crippen LogP contribution in [0.5, 0.6) is 0 Å². The fourth-order valence-corrected chi connectivity index (χ4v) is 7.40. The van der Waals surface area contributed by atoms with E-state index in [9.17, 15) is 19.5 Å². The summed E-state index contributed by atoms with van der Waals surface area (Å²) in [6.45, 7) is 17.7. The number of hydrogen-bond donors (Lipinski definition) is 1. The van der Waals surface area contributed by atoms with Gasteiger partial charge in [-0.2, -0.15) is 0 Å². The highest BCUT2D eigenvalue weighted by molar-refractivity contribution is 9.09. The topological polar surface area (TPSA) is 96.4 Å². The van der Waals surface area contributed by atoms with Crippen LogP contribution >= 0.6 is 15.9 Å². The van der Waals surface area contributed by atoms with E-state index in [4.69, 9.17) is 9.47 Å². The summed E-state index contributed by atoms with van der Waals surface area (Å²) in [5.41, 5.74) is -1.73. The van der Waals surface area contributed by atoms with Crippen molar-refractivity contribution in [3.05, 3.63) is 25.3 Å². The van der Waals surface area contributed by atoms with Crippen LogP contribution < -0.4 is 0 Å². The number of fused-ring (bicyclic) bond motifs is 1. The van der Waals surface area contributed by atoms with E-state index in [-0.39, 0.29) is 35.8 Å². The Morgan fingerprint density at radius 2 is 1.97 bits per heavy atom. The predicted molar refractivity (Wildman–Crippen MR) is 150 cm³/mol. The van der Waals surface area contributed by atoms with Gasteiger partial charge in [0.1, 0.15) is 11.6 Å². The van der Waals surface area contributed by atoms with Crippen molar-refractivity contribution in [2.24, 2.45) is 17.8 Å². The maximum absolute atomic E-state index is 14.4. The van der Waals surface area contributed by atoms with E-state index < -0.39 is 47.1 Å². The number of carbonyl (C=O) groups excluding carboxylic acids is 3. The summed E-state index contributed by atoms with van der Waals surface area (Å²) in [5, 5.41) is 10.4. The number of esters is 1. The van der Waals surface area contributed by atoms with E-state index in [0.29, 0.717) is 25.8 Å². The number of aliphatic hydroxyl groups is 1. The lowest BCUT2D eigenvalue weighted by atomic mass is 9.70. The van der Waals surface area contributed by atoms with Crippen LogP contribution in [0, 0.1) is 17.8 Å². The molecular formula is C29H45BrN2O6. The Hall–Kier alpha value is -1.71. The van der Waals surface area contributed by atoms with Crippen LogP contribution in [0.25, 0.3) is 0 Å². The first-order valence-corrected chi connectivity index (χ1v) is 14.7. The molecule has 2 bridgehead atoms. The number of allylic oxidation sites excluding steroid dienone is 1. The second kappa shape index (κ2) is 12.2. The Morgan fingerprint density at radius 3 is 2.53 bits per heavy atom. The molecule has 3 fully saturated rings. The van der Waals surface area contributed by atoms with E-state index in [1.54, 1.807) is 15.9 Å². The number of aliphatic hydroxyl groups excluding tert-OH is 1. The van der Waals surface area contributed by atoms with Gasteiger partial charge >= 0.3 is 5.97 Å². The molecule has 0 aromatic carbocycles. The molecule has 2 amide bonds. The first kappa shape index (κ1) is 30.8. The predicted octanol–water partition coefficient (Wildman–Crippen LogP) is 3.85. The standard InChI is InChI=1S/C29H45BrN2O6/c1-8-10-11-12-14-37-27(36)21-22-25(34)32(19(17-33)15-18(3)4)24(29(22)16-20(30)23(21)38-29)26(35)31(13-9-2)28(5,6)7/h8-9,18-24,33H,1-2,10-17H2,3-7H3/t19-,20?,21-,22+,23-,24?,29?/m1/s1. The molecule has 0 radical (unpaired) electrons. The van der Waals surface area contributed by atoms with Crippen LogP contribution in [0.2, 0.25) is 0 Å². The van der Waals surface area contributed by atoms with Crippen molar-refractivity contribution in [1.29, 1.82) is 0 Å². The first-order valence-electron chi connectivity index (χ1n) is 13.8. The number of rotatable bonds is 13. The molecule has 3 aliphatic heterocycles. The largest absolute Gasteiger partial charge is 0.465 e. The molecule has 1 spiro atoms. The lowest BCUT2D eigenvalue weighted by Crippen LogP contribution is -2.62. The van der Waals surface area contributed by atoms with Crippen molar-refractivity contribution < 1.29 is 29.0 Å². The van der Waals surface area contributed by atoms with E-state index in [1.807, 2.05) is 40.7 Å². The van der Waals surface area contributed by atoms with Gasteiger partial charge < -0.3 is 24.4 Å². The lowest BCUT2D eigenvalue weighted by molar-refractivity contribution is -0.157. The molecule has 3 rings (SSSR count). The number of ether oxygens (including phenoxy) is 2. The van der Waals surface area contributed by atoms with Crippen molar-refractivity contribution in [2.75, 3.05) is 19.8 Å². The van der Waals surface area contributed by atoms with Crippen LogP contribution in [0.3, 0.4) is 0 Å². The maximum atomic E-state index is 14.4. The summed E-state index contributed by atoms with van der Waals surface area (Å²) in [6.07, 6.45) is 6.27. The molecule has 3 unspecified atom stereocenters. The zero-order valence-electron chi connectivity index (χ0n) is 23.5. The van der Waals surface area contributed by atoms with Gasteiger partial charge in [0.25, 0.3) is 0 Å².